The molecule has 1 amide bonds. The van der Waals surface area contributed by atoms with Gasteiger partial charge in [-0.1, -0.05) is 43.0 Å². The molecule has 4 atom stereocenters. The van der Waals surface area contributed by atoms with Crippen LogP contribution in [0.15, 0.2) is 34.2 Å². The van der Waals surface area contributed by atoms with E-state index < -0.39 is 18.5 Å². The number of oxime groups is 1. The fourth-order valence-electron chi connectivity index (χ4n) is 8.45. The minimum Gasteiger partial charge on any atom is -0.481 e. The predicted octanol–water partition coefficient (Wildman–Crippen LogP) is 3.99. The normalized spacial score (nSPS) is 30.2. The van der Waals surface area contributed by atoms with E-state index in [0.717, 1.165) is 43.0 Å². The first-order valence-corrected chi connectivity index (χ1v) is 15.4. The molecule has 2 saturated carbocycles. The third kappa shape index (κ3) is 5.89. The number of carbonyl (C=O) groups excluding carboxylic acids is 1. The number of aliphatic carboxylic acids is 1. The van der Waals surface area contributed by atoms with Crippen LogP contribution in [0.25, 0.3) is 11.0 Å². The molecule has 10 nitrogen and oxygen atoms in total. The Kier molecular flexibility index (Phi) is 8.10. The van der Waals surface area contributed by atoms with Crippen molar-refractivity contribution in [3.8, 4) is 0 Å². The number of nitrogens with two attached hydrogens (primary N) is 1. The van der Waals surface area contributed by atoms with Crippen molar-refractivity contribution in [1.29, 1.82) is 0 Å². The summed E-state index contributed by atoms with van der Waals surface area (Å²) < 4.78 is 1.89. The lowest BCUT2D eigenvalue weighted by molar-refractivity contribution is -0.136. The number of rotatable bonds is 9. The van der Waals surface area contributed by atoms with E-state index in [1.165, 1.54) is 44.9 Å². The second-order valence-corrected chi connectivity index (χ2v) is 12.6. The van der Waals surface area contributed by atoms with Crippen molar-refractivity contribution in [2.45, 2.75) is 108 Å². The summed E-state index contributed by atoms with van der Waals surface area (Å²) in [7, 11) is 0. The summed E-state index contributed by atoms with van der Waals surface area (Å²) in [6.45, 7) is -0.469. The van der Waals surface area contributed by atoms with Crippen LogP contribution in [-0.2, 0) is 14.4 Å². The Morgan fingerprint density at radius 3 is 2.29 bits per heavy atom. The SMILES string of the molecule is NC(=O)CON=C(CCC(=O)O)c1nc2ccccc2n(C2CC3CCCC(C2)N3C2CC3CCCC(C3)C2)c1=O. The number of benzene rings is 1. The van der Waals surface area contributed by atoms with E-state index in [-0.39, 0.29) is 35.8 Å². The molecule has 10 heteroatoms. The number of para-hydroxylation sites is 2. The van der Waals surface area contributed by atoms with Crippen molar-refractivity contribution in [3.63, 3.8) is 0 Å². The van der Waals surface area contributed by atoms with E-state index in [2.05, 4.69) is 15.0 Å². The van der Waals surface area contributed by atoms with Gasteiger partial charge >= 0.3 is 5.97 Å². The van der Waals surface area contributed by atoms with E-state index in [1.807, 2.05) is 28.8 Å². The van der Waals surface area contributed by atoms with Crippen LogP contribution in [0.3, 0.4) is 0 Å². The molecule has 220 valence electrons. The standard InChI is InChI=1S/C31H41N5O5/c32-28(37)18-41-34-26(11-12-29(38)39)30-31(40)36(27-10-2-1-9-25(27)33-30)24-16-21-7-4-8-22(17-24)35(21)23-14-19-5-3-6-20(13-19)15-23/h1-2,9-10,19-24H,3-8,11-18H2,(H2,32,37)(H,38,39). The number of amides is 1. The van der Waals surface area contributed by atoms with Crippen molar-refractivity contribution >= 4 is 28.6 Å². The van der Waals surface area contributed by atoms with Crippen LogP contribution in [0.4, 0.5) is 0 Å². The summed E-state index contributed by atoms with van der Waals surface area (Å²) >= 11 is 0. The van der Waals surface area contributed by atoms with E-state index in [0.29, 0.717) is 23.6 Å². The molecule has 4 unspecified atom stereocenters. The van der Waals surface area contributed by atoms with Crippen molar-refractivity contribution in [2.24, 2.45) is 22.7 Å². The van der Waals surface area contributed by atoms with Crippen molar-refractivity contribution < 1.29 is 19.5 Å². The molecule has 41 heavy (non-hydrogen) atoms. The fourth-order valence-corrected chi connectivity index (χ4v) is 8.45. The Hall–Kier alpha value is -3.27. The van der Waals surface area contributed by atoms with Crippen LogP contribution in [0.5, 0.6) is 0 Å². The van der Waals surface area contributed by atoms with Gasteiger partial charge in [-0.05, 0) is 68.9 Å². The number of primary amides is 1. The first-order chi connectivity index (χ1) is 19.9. The second-order valence-electron chi connectivity index (χ2n) is 12.6. The highest BCUT2D eigenvalue weighted by molar-refractivity contribution is 6.00. The lowest BCUT2D eigenvalue weighted by atomic mass is 9.68. The molecule has 1 aromatic heterocycles. The number of carboxylic acid groups (broad SMARTS) is 1. The van der Waals surface area contributed by atoms with Crippen LogP contribution in [0, 0.1) is 11.8 Å². The average molecular weight is 564 g/mol. The van der Waals surface area contributed by atoms with Crippen molar-refractivity contribution in [1.82, 2.24) is 14.5 Å². The Balaban J connectivity index is 1.34. The van der Waals surface area contributed by atoms with E-state index in [4.69, 9.17) is 10.6 Å². The van der Waals surface area contributed by atoms with Gasteiger partial charge < -0.3 is 20.2 Å². The summed E-state index contributed by atoms with van der Waals surface area (Å²) in [5.74, 6) is 0.0111. The highest BCUT2D eigenvalue weighted by Crippen LogP contribution is 2.47. The zero-order valence-electron chi connectivity index (χ0n) is 23.6. The zero-order valence-corrected chi connectivity index (χ0v) is 23.6. The highest BCUT2D eigenvalue weighted by Gasteiger charge is 2.45. The number of hydrogen-bond donors (Lipinski definition) is 2. The predicted molar refractivity (Wildman–Crippen MR) is 155 cm³/mol. The molecule has 1 aromatic carbocycles. The van der Waals surface area contributed by atoms with E-state index in [1.54, 1.807) is 0 Å². The van der Waals surface area contributed by atoms with Gasteiger partial charge in [-0.3, -0.25) is 19.3 Å². The minimum atomic E-state index is -1.03. The fraction of sp³-hybridized carbons (Fsp3) is 0.645. The third-order valence-electron chi connectivity index (χ3n) is 9.92. The monoisotopic (exact) mass is 563 g/mol. The Labute approximate surface area is 239 Å². The van der Waals surface area contributed by atoms with Gasteiger partial charge in [0.05, 0.1) is 17.5 Å². The Morgan fingerprint density at radius 1 is 0.927 bits per heavy atom. The van der Waals surface area contributed by atoms with Gasteiger partial charge in [-0.15, -0.1) is 0 Å². The summed E-state index contributed by atoms with van der Waals surface area (Å²) in [6.07, 6.45) is 13.3. The molecule has 4 bridgehead atoms. The van der Waals surface area contributed by atoms with Crippen LogP contribution in [0.2, 0.25) is 0 Å². The van der Waals surface area contributed by atoms with E-state index >= 15 is 0 Å². The van der Waals surface area contributed by atoms with Crippen LogP contribution < -0.4 is 11.3 Å². The lowest BCUT2D eigenvalue weighted by Gasteiger charge is -2.55. The number of hydrogen-bond acceptors (Lipinski definition) is 7. The summed E-state index contributed by atoms with van der Waals surface area (Å²) in [5, 5.41) is 13.3. The maximum atomic E-state index is 14.2. The number of fused-ring (bicyclic) bond motifs is 5. The minimum absolute atomic E-state index is 0.0102. The lowest BCUT2D eigenvalue weighted by Crippen LogP contribution is -2.58. The molecule has 4 fully saturated rings. The summed E-state index contributed by atoms with van der Waals surface area (Å²) in [5.41, 5.74) is 6.51. The van der Waals surface area contributed by atoms with Gasteiger partial charge in [-0.2, -0.15) is 0 Å². The van der Waals surface area contributed by atoms with E-state index in [9.17, 15) is 19.5 Å². The Bertz CT molecular complexity index is 1360. The molecule has 2 aliphatic heterocycles. The number of aromatic nitrogens is 2. The number of nitrogens with zero attached hydrogens (tertiary/aromatic N) is 4. The Morgan fingerprint density at radius 2 is 1.61 bits per heavy atom. The van der Waals surface area contributed by atoms with Crippen LogP contribution in [0.1, 0.15) is 95.2 Å². The number of piperidine rings is 2. The largest absolute Gasteiger partial charge is 0.481 e. The third-order valence-corrected chi connectivity index (χ3v) is 9.92. The molecule has 3 N–H and O–H groups in total. The molecule has 2 saturated heterocycles. The van der Waals surface area contributed by atoms with Gasteiger partial charge in [0, 0.05) is 30.6 Å². The molecular formula is C31H41N5O5. The zero-order chi connectivity index (χ0) is 28.5. The summed E-state index contributed by atoms with van der Waals surface area (Å²) in [4.78, 5) is 49.4. The van der Waals surface area contributed by atoms with Gasteiger partial charge in [0.15, 0.2) is 12.3 Å². The second kappa shape index (κ2) is 11.9. The smallest absolute Gasteiger partial charge is 0.303 e. The molecule has 2 aliphatic carbocycles. The molecule has 4 aliphatic rings. The topological polar surface area (TPSA) is 140 Å². The molecule has 0 spiro atoms. The molecule has 0 radical (unpaired) electrons. The van der Waals surface area contributed by atoms with Gasteiger partial charge in [0.1, 0.15) is 5.71 Å². The molecule has 2 aromatic rings. The maximum Gasteiger partial charge on any atom is 0.303 e. The molecular weight excluding hydrogens is 522 g/mol. The number of carbonyl (C=O) groups is 2. The maximum absolute atomic E-state index is 14.2. The first-order valence-electron chi connectivity index (χ1n) is 15.4. The molecule has 3 heterocycles. The van der Waals surface area contributed by atoms with Crippen molar-refractivity contribution in [3.05, 3.63) is 40.3 Å². The van der Waals surface area contributed by atoms with Gasteiger partial charge in [0.2, 0.25) is 0 Å². The average Bonchev–Trinajstić information content (AvgIpc) is 2.93. The van der Waals surface area contributed by atoms with Crippen LogP contribution in [-0.4, -0.2) is 61.9 Å². The molecule has 6 rings (SSSR count). The first kappa shape index (κ1) is 27.9. The quantitative estimate of drug-likeness (QED) is 0.347. The number of carboxylic acids is 1. The van der Waals surface area contributed by atoms with Gasteiger partial charge in [0.25, 0.3) is 11.5 Å². The van der Waals surface area contributed by atoms with Gasteiger partial charge in [-0.25, -0.2) is 4.98 Å². The van der Waals surface area contributed by atoms with Crippen molar-refractivity contribution in [2.75, 3.05) is 6.61 Å². The summed E-state index contributed by atoms with van der Waals surface area (Å²) in [6, 6.07) is 9.19. The van der Waals surface area contributed by atoms with Crippen LogP contribution >= 0.6 is 0 Å². The highest BCUT2D eigenvalue weighted by atomic mass is 16.6.